The van der Waals surface area contributed by atoms with Crippen LogP contribution in [0.2, 0.25) is 0 Å². The molecule has 1 aromatic carbocycles. The van der Waals surface area contributed by atoms with Crippen LogP contribution in [0, 0.1) is 11.3 Å². The minimum atomic E-state index is -0.383. The Morgan fingerprint density at radius 1 is 1.21 bits per heavy atom. The van der Waals surface area contributed by atoms with Gasteiger partial charge in [0.05, 0.1) is 11.5 Å². The van der Waals surface area contributed by atoms with Crippen molar-refractivity contribution >= 4 is 0 Å². The molecule has 4 nitrogen and oxygen atoms in total. The van der Waals surface area contributed by atoms with Gasteiger partial charge >= 0.3 is 0 Å². The summed E-state index contributed by atoms with van der Waals surface area (Å²) in [7, 11) is 2.12. The van der Waals surface area contributed by atoms with Crippen LogP contribution in [0.15, 0.2) is 18.2 Å². The number of likely N-dealkylation sites (tertiary alicyclic amines) is 1. The van der Waals surface area contributed by atoms with Crippen LogP contribution in [0.25, 0.3) is 0 Å². The van der Waals surface area contributed by atoms with Crippen molar-refractivity contribution < 1.29 is 9.47 Å². The fraction of sp³-hybridized carbons (Fsp3) is 0.533. The van der Waals surface area contributed by atoms with Gasteiger partial charge < -0.3 is 14.4 Å². The topological polar surface area (TPSA) is 45.5 Å². The average Bonchev–Trinajstić information content (AvgIpc) is 2.81. The molecule has 0 N–H and O–H groups in total. The SMILES string of the molecule is CN1CCCC(C#N)(c2ccc3c(c2)OCO3)CC1. The van der Waals surface area contributed by atoms with Crippen LogP contribution in [0.1, 0.15) is 24.8 Å². The van der Waals surface area contributed by atoms with Crippen molar-refractivity contribution in [3.05, 3.63) is 23.8 Å². The molecule has 1 saturated heterocycles. The standard InChI is InChI=1S/C15H18N2O2/c1-17-7-2-5-15(10-16,6-8-17)12-3-4-13-14(9-12)19-11-18-13/h3-4,9H,2,5-8,11H2,1H3. The van der Waals surface area contributed by atoms with Crippen LogP contribution in [0.5, 0.6) is 11.5 Å². The summed E-state index contributed by atoms with van der Waals surface area (Å²) in [5, 5.41) is 9.71. The number of fused-ring (bicyclic) bond motifs is 1. The van der Waals surface area contributed by atoms with Crippen LogP contribution in [0.4, 0.5) is 0 Å². The Hall–Kier alpha value is -1.73. The molecule has 1 unspecified atom stereocenters. The zero-order valence-corrected chi connectivity index (χ0v) is 11.2. The highest BCUT2D eigenvalue weighted by molar-refractivity contribution is 5.48. The van der Waals surface area contributed by atoms with Gasteiger partial charge in [0.15, 0.2) is 11.5 Å². The van der Waals surface area contributed by atoms with Crippen LogP contribution in [-0.2, 0) is 5.41 Å². The minimum absolute atomic E-state index is 0.279. The summed E-state index contributed by atoms with van der Waals surface area (Å²) in [6.07, 6.45) is 2.84. The highest BCUT2D eigenvalue weighted by Crippen LogP contribution is 2.40. The Balaban J connectivity index is 1.95. The molecule has 3 rings (SSSR count). The number of rotatable bonds is 1. The fourth-order valence-electron chi connectivity index (χ4n) is 2.93. The molecule has 0 radical (unpaired) electrons. The van der Waals surface area contributed by atoms with Crippen LogP contribution >= 0.6 is 0 Å². The molecule has 2 aliphatic heterocycles. The first-order valence-corrected chi connectivity index (χ1v) is 6.73. The van der Waals surface area contributed by atoms with E-state index in [4.69, 9.17) is 9.47 Å². The molecular formula is C15H18N2O2. The van der Waals surface area contributed by atoms with Crippen molar-refractivity contribution in [2.75, 3.05) is 26.9 Å². The van der Waals surface area contributed by atoms with Gasteiger partial charge in [-0.3, -0.25) is 0 Å². The van der Waals surface area contributed by atoms with Gasteiger partial charge in [0, 0.05) is 0 Å². The highest BCUT2D eigenvalue weighted by Gasteiger charge is 2.35. The molecule has 1 fully saturated rings. The Labute approximate surface area is 113 Å². The monoisotopic (exact) mass is 258 g/mol. The van der Waals surface area contributed by atoms with E-state index in [9.17, 15) is 5.26 Å². The highest BCUT2D eigenvalue weighted by atomic mass is 16.7. The van der Waals surface area contributed by atoms with E-state index in [2.05, 4.69) is 18.0 Å². The van der Waals surface area contributed by atoms with Crippen molar-refractivity contribution in [3.8, 4) is 17.6 Å². The van der Waals surface area contributed by atoms with Gasteiger partial charge in [-0.25, -0.2) is 0 Å². The molecule has 19 heavy (non-hydrogen) atoms. The van der Waals surface area contributed by atoms with Crippen LogP contribution < -0.4 is 9.47 Å². The van der Waals surface area contributed by atoms with E-state index in [0.717, 1.165) is 49.4 Å². The van der Waals surface area contributed by atoms with Gasteiger partial charge in [-0.05, 0) is 57.1 Å². The molecule has 100 valence electrons. The normalized spacial score (nSPS) is 26.7. The quantitative estimate of drug-likeness (QED) is 0.775. The summed E-state index contributed by atoms with van der Waals surface area (Å²) in [4.78, 5) is 2.30. The number of hydrogen-bond donors (Lipinski definition) is 0. The summed E-state index contributed by atoms with van der Waals surface area (Å²) >= 11 is 0. The second-order valence-electron chi connectivity index (χ2n) is 5.42. The molecule has 0 saturated carbocycles. The number of nitrogens with zero attached hydrogens (tertiary/aromatic N) is 2. The fourth-order valence-corrected chi connectivity index (χ4v) is 2.93. The van der Waals surface area contributed by atoms with Crippen molar-refractivity contribution in [2.45, 2.75) is 24.7 Å². The first-order valence-electron chi connectivity index (χ1n) is 6.73. The molecule has 1 aromatic rings. The summed E-state index contributed by atoms with van der Waals surface area (Å²) < 4.78 is 10.8. The maximum Gasteiger partial charge on any atom is 0.231 e. The zero-order chi connectivity index (χ0) is 13.3. The molecule has 1 atom stereocenters. The molecule has 0 spiro atoms. The minimum Gasteiger partial charge on any atom is -0.454 e. The lowest BCUT2D eigenvalue weighted by Crippen LogP contribution is -2.26. The third kappa shape index (κ3) is 2.15. The van der Waals surface area contributed by atoms with Gasteiger partial charge in [-0.1, -0.05) is 6.07 Å². The van der Waals surface area contributed by atoms with E-state index < -0.39 is 0 Å². The van der Waals surface area contributed by atoms with Gasteiger partial charge in [-0.2, -0.15) is 5.26 Å². The number of ether oxygens (including phenoxy) is 2. The van der Waals surface area contributed by atoms with E-state index in [1.165, 1.54) is 0 Å². The van der Waals surface area contributed by atoms with Gasteiger partial charge in [0.2, 0.25) is 6.79 Å². The van der Waals surface area contributed by atoms with Crippen molar-refractivity contribution in [1.82, 2.24) is 4.90 Å². The van der Waals surface area contributed by atoms with Crippen molar-refractivity contribution in [2.24, 2.45) is 0 Å². The molecule has 2 heterocycles. The first kappa shape index (κ1) is 12.3. The third-order valence-corrected chi connectivity index (χ3v) is 4.20. The van der Waals surface area contributed by atoms with E-state index in [0.29, 0.717) is 0 Å². The maximum atomic E-state index is 9.71. The number of benzene rings is 1. The molecule has 0 aliphatic carbocycles. The smallest absolute Gasteiger partial charge is 0.231 e. The Morgan fingerprint density at radius 3 is 2.89 bits per heavy atom. The summed E-state index contributed by atoms with van der Waals surface area (Å²) in [5.41, 5.74) is 0.681. The molecular weight excluding hydrogens is 240 g/mol. The van der Waals surface area contributed by atoms with Crippen LogP contribution in [-0.4, -0.2) is 31.8 Å². The largest absolute Gasteiger partial charge is 0.454 e. The summed E-state index contributed by atoms with van der Waals surface area (Å²) in [5.74, 6) is 1.55. The maximum absolute atomic E-state index is 9.71. The lowest BCUT2D eigenvalue weighted by molar-refractivity contribution is 0.174. The molecule has 2 aliphatic rings. The molecule has 0 amide bonds. The van der Waals surface area contributed by atoms with E-state index in [1.807, 2.05) is 18.2 Å². The second-order valence-corrected chi connectivity index (χ2v) is 5.42. The Bertz CT molecular complexity index is 523. The Kier molecular flexibility index (Phi) is 3.08. The van der Waals surface area contributed by atoms with E-state index >= 15 is 0 Å². The van der Waals surface area contributed by atoms with Gasteiger partial charge in [-0.15, -0.1) is 0 Å². The average molecular weight is 258 g/mol. The van der Waals surface area contributed by atoms with E-state index in [-0.39, 0.29) is 12.2 Å². The lowest BCUT2D eigenvalue weighted by atomic mass is 9.76. The van der Waals surface area contributed by atoms with E-state index in [1.54, 1.807) is 0 Å². The van der Waals surface area contributed by atoms with Gasteiger partial charge in [0.25, 0.3) is 0 Å². The summed E-state index contributed by atoms with van der Waals surface area (Å²) in [6.45, 7) is 2.30. The molecule has 4 heteroatoms. The molecule has 0 aromatic heterocycles. The lowest BCUT2D eigenvalue weighted by Gasteiger charge is -2.25. The summed E-state index contributed by atoms with van der Waals surface area (Å²) in [6, 6.07) is 8.48. The van der Waals surface area contributed by atoms with Crippen molar-refractivity contribution in [1.29, 1.82) is 5.26 Å². The third-order valence-electron chi connectivity index (χ3n) is 4.20. The Morgan fingerprint density at radius 2 is 2.05 bits per heavy atom. The number of hydrogen-bond acceptors (Lipinski definition) is 4. The van der Waals surface area contributed by atoms with Crippen LogP contribution in [0.3, 0.4) is 0 Å². The first-order chi connectivity index (χ1) is 9.23. The van der Waals surface area contributed by atoms with Crippen molar-refractivity contribution in [3.63, 3.8) is 0 Å². The predicted octanol–water partition coefficient (Wildman–Crippen LogP) is 2.29. The zero-order valence-electron chi connectivity index (χ0n) is 11.2. The van der Waals surface area contributed by atoms with Gasteiger partial charge in [0.1, 0.15) is 0 Å². The number of nitriles is 1. The molecule has 0 bridgehead atoms. The second kappa shape index (κ2) is 4.75. The predicted molar refractivity (Wildman–Crippen MR) is 71.2 cm³/mol.